The fourth-order valence-corrected chi connectivity index (χ4v) is 2.14. The number of carbonyl (C=O) groups is 1. The van der Waals surface area contributed by atoms with Crippen LogP contribution in [-0.2, 0) is 16.0 Å². The maximum absolute atomic E-state index is 11.7. The number of carbonyl (C=O) groups excluding carboxylic acids is 1. The van der Waals surface area contributed by atoms with E-state index in [9.17, 15) is 4.79 Å². The maximum Gasteiger partial charge on any atom is 0.306 e. The van der Waals surface area contributed by atoms with Gasteiger partial charge < -0.3 is 4.74 Å². The Balaban J connectivity index is 2.14. The monoisotopic (exact) mass is 262 g/mol. The summed E-state index contributed by atoms with van der Waals surface area (Å²) >= 11 is 0. The predicted molar refractivity (Wildman–Crippen MR) is 79.1 cm³/mol. The van der Waals surface area contributed by atoms with Gasteiger partial charge in [-0.05, 0) is 18.9 Å². The molecule has 0 heterocycles. The lowest BCUT2D eigenvalue weighted by molar-refractivity contribution is -0.148. The van der Waals surface area contributed by atoms with Gasteiger partial charge in [-0.2, -0.15) is 0 Å². The van der Waals surface area contributed by atoms with Crippen LogP contribution in [0.5, 0.6) is 0 Å². The van der Waals surface area contributed by atoms with Crippen molar-refractivity contribution in [2.45, 2.75) is 64.9 Å². The summed E-state index contributed by atoms with van der Waals surface area (Å²) in [6, 6.07) is 10.1. The molecule has 0 aliphatic rings. The van der Waals surface area contributed by atoms with Crippen LogP contribution in [-0.4, -0.2) is 12.1 Å². The standard InChI is InChI=1S/C17H26O2/c1-3-4-5-6-10-13-17(18)19-15(2)14-16-11-8-7-9-12-16/h7-9,11-12,15H,3-6,10,13-14H2,1-2H3/t15-/m1/s1. The number of benzene rings is 1. The number of hydrogen-bond acceptors (Lipinski definition) is 2. The molecule has 0 radical (unpaired) electrons. The van der Waals surface area contributed by atoms with Gasteiger partial charge in [0.25, 0.3) is 0 Å². The summed E-state index contributed by atoms with van der Waals surface area (Å²) in [5.74, 6) is -0.0556. The van der Waals surface area contributed by atoms with Crippen molar-refractivity contribution in [3.05, 3.63) is 35.9 Å². The predicted octanol–water partition coefficient (Wildman–Crippen LogP) is 4.52. The number of rotatable bonds is 9. The molecule has 0 saturated carbocycles. The van der Waals surface area contributed by atoms with E-state index in [1.165, 1.54) is 24.8 Å². The molecule has 0 unspecified atom stereocenters. The van der Waals surface area contributed by atoms with Crippen molar-refractivity contribution >= 4 is 5.97 Å². The summed E-state index contributed by atoms with van der Waals surface area (Å²) < 4.78 is 5.42. The van der Waals surface area contributed by atoms with Crippen LogP contribution in [0.2, 0.25) is 0 Å². The van der Waals surface area contributed by atoms with E-state index in [0.29, 0.717) is 6.42 Å². The van der Waals surface area contributed by atoms with E-state index in [1.54, 1.807) is 0 Å². The molecule has 0 saturated heterocycles. The second-order valence-corrected chi connectivity index (χ2v) is 5.15. The Morgan fingerprint density at radius 2 is 1.79 bits per heavy atom. The van der Waals surface area contributed by atoms with Gasteiger partial charge in [-0.3, -0.25) is 4.79 Å². The van der Waals surface area contributed by atoms with E-state index in [1.807, 2.05) is 25.1 Å². The summed E-state index contributed by atoms with van der Waals surface area (Å²) in [5.41, 5.74) is 1.21. The Morgan fingerprint density at radius 1 is 1.11 bits per heavy atom. The number of esters is 1. The fourth-order valence-electron chi connectivity index (χ4n) is 2.14. The third-order valence-electron chi connectivity index (χ3n) is 3.18. The number of unbranched alkanes of at least 4 members (excludes halogenated alkanes) is 4. The van der Waals surface area contributed by atoms with E-state index in [2.05, 4.69) is 19.1 Å². The topological polar surface area (TPSA) is 26.3 Å². The largest absolute Gasteiger partial charge is 0.462 e. The molecule has 0 amide bonds. The Morgan fingerprint density at radius 3 is 2.47 bits per heavy atom. The minimum Gasteiger partial charge on any atom is -0.462 e. The molecule has 1 atom stereocenters. The number of ether oxygens (including phenoxy) is 1. The van der Waals surface area contributed by atoms with Gasteiger partial charge in [0.15, 0.2) is 0 Å². The molecule has 0 aliphatic carbocycles. The molecular formula is C17H26O2. The Hall–Kier alpha value is -1.31. The first-order chi connectivity index (χ1) is 9.22. The maximum atomic E-state index is 11.7. The quantitative estimate of drug-likeness (QED) is 0.483. The van der Waals surface area contributed by atoms with Crippen molar-refractivity contribution in [3.8, 4) is 0 Å². The van der Waals surface area contributed by atoms with Crippen LogP contribution in [0.25, 0.3) is 0 Å². The second kappa shape index (κ2) is 9.60. The minimum absolute atomic E-state index is 0.0365. The van der Waals surface area contributed by atoms with Gasteiger partial charge >= 0.3 is 5.97 Å². The Labute approximate surface area is 117 Å². The van der Waals surface area contributed by atoms with Crippen molar-refractivity contribution < 1.29 is 9.53 Å². The summed E-state index contributed by atoms with van der Waals surface area (Å²) in [6.07, 6.45) is 7.13. The zero-order valence-electron chi connectivity index (χ0n) is 12.2. The smallest absolute Gasteiger partial charge is 0.306 e. The normalized spacial score (nSPS) is 12.1. The zero-order chi connectivity index (χ0) is 13.9. The molecule has 0 bridgehead atoms. The minimum atomic E-state index is -0.0556. The van der Waals surface area contributed by atoms with Gasteiger partial charge in [0, 0.05) is 12.8 Å². The Kier molecular flexibility index (Phi) is 7.95. The molecule has 1 rings (SSSR count). The zero-order valence-corrected chi connectivity index (χ0v) is 12.2. The van der Waals surface area contributed by atoms with Gasteiger partial charge in [-0.1, -0.05) is 62.9 Å². The van der Waals surface area contributed by atoms with Gasteiger partial charge in [0.2, 0.25) is 0 Å². The third-order valence-corrected chi connectivity index (χ3v) is 3.18. The molecule has 0 spiro atoms. The molecule has 0 aliphatic heterocycles. The van der Waals surface area contributed by atoms with Gasteiger partial charge in [0.1, 0.15) is 6.10 Å². The van der Waals surface area contributed by atoms with E-state index in [-0.39, 0.29) is 12.1 Å². The first-order valence-electron chi connectivity index (χ1n) is 7.45. The van der Waals surface area contributed by atoms with E-state index >= 15 is 0 Å². The van der Waals surface area contributed by atoms with Crippen LogP contribution in [0.15, 0.2) is 30.3 Å². The highest BCUT2D eigenvalue weighted by atomic mass is 16.5. The van der Waals surface area contributed by atoms with Crippen LogP contribution < -0.4 is 0 Å². The van der Waals surface area contributed by atoms with Crippen molar-refractivity contribution in [1.82, 2.24) is 0 Å². The molecule has 0 N–H and O–H groups in total. The van der Waals surface area contributed by atoms with Crippen LogP contribution in [0.4, 0.5) is 0 Å². The molecule has 2 nitrogen and oxygen atoms in total. The van der Waals surface area contributed by atoms with Gasteiger partial charge in [-0.15, -0.1) is 0 Å². The molecule has 0 aromatic heterocycles. The highest BCUT2D eigenvalue weighted by Gasteiger charge is 2.09. The van der Waals surface area contributed by atoms with Crippen LogP contribution in [0.1, 0.15) is 57.9 Å². The SMILES string of the molecule is CCCCCCCC(=O)O[C@H](C)Cc1ccccc1. The Bertz CT molecular complexity index is 346. The summed E-state index contributed by atoms with van der Waals surface area (Å²) in [4.78, 5) is 11.7. The highest BCUT2D eigenvalue weighted by molar-refractivity contribution is 5.69. The fraction of sp³-hybridized carbons (Fsp3) is 0.588. The molecular weight excluding hydrogens is 236 g/mol. The molecule has 19 heavy (non-hydrogen) atoms. The van der Waals surface area contributed by atoms with Crippen molar-refractivity contribution in [1.29, 1.82) is 0 Å². The lowest BCUT2D eigenvalue weighted by Crippen LogP contribution is -2.17. The van der Waals surface area contributed by atoms with E-state index in [0.717, 1.165) is 19.3 Å². The first kappa shape index (κ1) is 15.7. The summed E-state index contributed by atoms with van der Waals surface area (Å²) in [5, 5.41) is 0. The van der Waals surface area contributed by atoms with Gasteiger partial charge in [0.05, 0.1) is 0 Å². The van der Waals surface area contributed by atoms with Crippen LogP contribution >= 0.6 is 0 Å². The van der Waals surface area contributed by atoms with Crippen molar-refractivity contribution in [2.75, 3.05) is 0 Å². The lowest BCUT2D eigenvalue weighted by atomic mass is 10.1. The summed E-state index contributed by atoms with van der Waals surface area (Å²) in [7, 11) is 0. The van der Waals surface area contributed by atoms with E-state index in [4.69, 9.17) is 4.74 Å². The first-order valence-corrected chi connectivity index (χ1v) is 7.45. The van der Waals surface area contributed by atoms with E-state index < -0.39 is 0 Å². The average Bonchev–Trinajstić information content (AvgIpc) is 2.39. The summed E-state index contributed by atoms with van der Waals surface area (Å²) in [6.45, 7) is 4.15. The van der Waals surface area contributed by atoms with Gasteiger partial charge in [-0.25, -0.2) is 0 Å². The molecule has 1 aromatic rings. The molecule has 0 fully saturated rings. The molecule has 2 heteroatoms. The molecule has 106 valence electrons. The number of hydrogen-bond donors (Lipinski definition) is 0. The lowest BCUT2D eigenvalue weighted by Gasteiger charge is -2.13. The van der Waals surface area contributed by atoms with Crippen molar-refractivity contribution in [3.63, 3.8) is 0 Å². The van der Waals surface area contributed by atoms with Crippen LogP contribution in [0.3, 0.4) is 0 Å². The van der Waals surface area contributed by atoms with Crippen molar-refractivity contribution in [2.24, 2.45) is 0 Å². The third kappa shape index (κ3) is 7.66. The van der Waals surface area contributed by atoms with Crippen LogP contribution in [0, 0.1) is 0 Å². The molecule has 1 aromatic carbocycles. The second-order valence-electron chi connectivity index (χ2n) is 5.15. The average molecular weight is 262 g/mol. The highest BCUT2D eigenvalue weighted by Crippen LogP contribution is 2.09.